The molecule has 2 rings (SSSR count). The van der Waals surface area contributed by atoms with Gasteiger partial charge in [0.2, 0.25) is 5.76 Å². The van der Waals surface area contributed by atoms with Crippen molar-refractivity contribution >= 4 is 5.97 Å². The molecule has 2 unspecified atom stereocenters. The Labute approximate surface area is 119 Å². The van der Waals surface area contributed by atoms with E-state index >= 15 is 0 Å². The number of β-amino-alcohol motifs (C(OH)–C–C–N with tert-alkyl or cyclic N) is 1. The first-order chi connectivity index (χ1) is 9.55. The Kier molecular flexibility index (Phi) is 4.83. The maximum atomic E-state index is 11.5. The molecular weight excluding hydrogens is 258 g/mol. The van der Waals surface area contributed by atoms with Crippen molar-refractivity contribution in [3.05, 3.63) is 23.2 Å². The fourth-order valence-electron chi connectivity index (χ4n) is 2.60. The number of furan rings is 1. The Hall–Kier alpha value is -1.33. The summed E-state index contributed by atoms with van der Waals surface area (Å²) in [4.78, 5) is 13.7. The summed E-state index contributed by atoms with van der Waals surface area (Å²) in [6, 6.07) is 1.76. The van der Waals surface area contributed by atoms with E-state index in [2.05, 4.69) is 16.6 Å². The predicted octanol–water partition coefficient (Wildman–Crippen LogP) is 1.83. The number of aliphatic hydroxyl groups excluding tert-OH is 1. The number of ether oxygens (including phenoxy) is 1. The van der Waals surface area contributed by atoms with Gasteiger partial charge < -0.3 is 14.3 Å². The number of rotatable bonds is 4. The van der Waals surface area contributed by atoms with Gasteiger partial charge in [0.05, 0.1) is 13.2 Å². The van der Waals surface area contributed by atoms with Crippen LogP contribution in [0.15, 0.2) is 10.5 Å². The van der Waals surface area contributed by atoms with Crippen LogP contribution in [0.3, 0.4) is 0 Å². The average molecular weight is 281 g/mol. The van der Waals surface area contributed by atoms with Gasteiger partial charge in [-0.2, -0.15) is 0 Å². The van der Waals surface area contributed by atoms with Crippen LogP contribution in [0.5, 0.6) is 0 Å². The fourth-order valence-corrected chi connectivity index (χ4v) is 2.60. The number of carbonyl (C=O) groups is 1. The molecule has 1 fully saturated rings. The number of nitrogens with zero attached hydrogens (tertiary/aromatic N) is 1. The van der Waals surface area contributed by atoms with E-state index in [1.165, 1.54) is 7.11 Å². The minimum absolute atomic E-state index is 0.255. The maximum absolute atomic E-state index is 11.5. The molecule has 1 aromatic heterocycles. The Morgan fingerprint density at radius 1 is 1.60 bits per heavy atom. The van der Waals surface area contributed by atoms with Crippen LogP contribution < -0.4 is 0 Å². The van der Waals surface area contributed by atoms with Crippen molar-refractivity contribution < 1.29 is 19.1 Å². The van der Waals surface area contributed by atoms with Gasteiger partial charge in [0.25, 0.3) is 0 Å². The molecule has 5 heteroatoms. The summed E-state index contributed by atoms with van der Waals surface area (Å²) in [6.07, 6.45) is 1.45. The van der Waals surface area contributed by atoms with E-state index in [0.717, 1.165) is 30.7 Å². The molecule has 0 radical (unpaired) electrons. The van der Waals surface area contributed by atoms with Crippen molar-refractivity contribution in [1.82, 2.24) is 4.90 Å². The van der Waals surface area contributed by atoms with Crippen LogP contribution in [-0.4, -0.2) is 42.3 Å². The predicted molar refractivity (Wildman–Crippen MR) is 74.5 cm³/mol. The Balaban J connectivity index is 2.08. The highest BCUT2D eigenvalue weighted by atomic mass is 16.5. The molecule has 1 N–H and O–H groups in total. The number of hydrogen-bond donors (Lipinski definition) is 1. The molecule has 1 aromatic rings. The zero-order valence-electron chi connectivity index (χ0n) is 12.4. The molecule has 2 heterocycles. The van der Waals surface area contributed by atoms with Crippen LogP contribution >= 0.6 is 0 Å². The fraction of sp³-hybridized carbons (Fsp3) is 0.667. The molecular formula is C15H23NO4. The summed E-state index contributed by atoms with van der Waals surface area (Å²) < 4.78 is 10.2. The summed E-state index contributed by atoms with van der Waals surface area (Å²) in [6.45, 7) is 6.40. The lowest BCUT2D eigenvalue weighted by molar-refractivity contribution is 0.0257. The topological polar surface area (TPSA) is 62.9 Å². The minimum Gasteiger partial charge on any atom is -0.463 e. The van der Waals surface area contributed by atoms with Gasteiger partial charge in [-0.05, 0) is 24.9 Å². The van der Waals surface area contributed by atoms with Gasteiger partial charge >= 0.3 is 5.97 Å². The van der Waals surface area contributed by atoms with Gasteiger partial charge in [0.1, 0.15) is 5.76 Å². The first kappa shape index (κ1) is 15.1. The molecule has 0 aliphatic carbocycles. The summed E-state index contributed by atoms with van der Waals surface area (Å²) in [7, 11) is 1.35. The number of likely N-dealkylation sites (tertiary alicyclic amines) is 1. The quantitative estimate of drug-likeness (QED) is 0.853. The van der Waals surface area contributed by atoms with E-state index in [-0.39, 0.29) is 11.9 Å². The zero-order valence-corrected chi connectivity index (χ0v) is 12.4. The van der Waals surface area contributed by atoms with Crippen LogP contribution in [0.25, 0.3) is 0 Å². The molecule has 2 atom stereocenters. The second-order valence-electron chi connectivity index (χ2n) is 5.47. The molecule has 0 spiro atoms. The van der Waals surface area contributed by atoms with Crippen molar-refractivity contribution in [2.24, 2.45) is 5.92 Å². The summed E-state index contributed by atoms with van der Waals surface area (Å²) in [5.74, 6) is 0.980. The maximum Gasteiger partial charge on any atom is 0.373 e. The van der Waals surface area contributed by atoms with Crippen LogP contribution in [0.4, 0.5) is 0 Å². The number of carbonyl (C=O) groups excluding carboxylic acids is 1. The highest BCUT2D eigenvalue weighted by molar-refractivity contribution is 5.86. The van der Waals surface area contributed by atoms with Crippen LogP contribution in [0.2, 0.25) is 0 Å². The highest BCUT2D eigenvalue weighted by Gasteiger charge is 2.25. The number of esters is 1. The SMILES string of the molecule is CCc1oc(C(=O)OC)cc1CN1CCC(C)C(O)C1. The molecule has 1 saturated heterocycles. The van der Waals surface area contributed by atoms with Crippen LogP contribution in [-0.2, 0) is 17.7 Å². The first-order valence-corrected chi connectivity index (χ1v) is 7.15. The lowest BCUT2D eigenvalue weighted by Crippen LogP contribution is -2.42. The highest BCUT2D eigenvalue weighted by Crippen LogP contribution is 2.23. The largest absolute Gasteiger partial charge is 0.463 e. The van der Waals surface area contributed by atoms with Crippen molar-refractivity contribution in [2.75, 3.05) is 20.2 Å². The van der Waals surface area contributed by atoms with E-state index in [1.54, 1.807) is 6.07 Å². The molecule has 20 heavy (non-hydrogen) atoms. The molecule has 5 nitrogen and oxygen atoms in total. The normalized spacial score (nSPS) is 23.8. The Morgan fingerprint density at radius 2 is 2.35 bits per heavy atom. The molecule has 1 aliphatic rings. The summed E-state index contributed by atoms with van der Waals surface area (Å²) in [5.41, 5.74) is 1.01. The summed E-state index contributed by atoms with van der Waals surface area (Å²) >= 11 is 0. The van der Waals surface area contributed by atoms with Crippen molar-refractivity contribution in [3.63, 3.8) is 0 Å². The summed E-state index contributed by atoms with van der Waals surface area (Å²) in [5, 5.41) is 9.94. The van der Waals surface area contributed by atoms with Gasteiger partial charge in [-0.25, -0.2) is 4.79 Å². The first-order valence-electron chi connectivity index (χ1n) is 7.15. The smallest absolute Gasteiger partial charge is 0.373 e. The van der Waals surface area contributed by atoms with E-state index in [4.69, 9.17) is 4.42 Å². The van der Waals surface area contributed by atoms with Crippen LogP contribution in [0, 0.1) is 5.92 Å². The van der Waals surface area contributed by atoms with Gasteiger partial charge in [0.15, 0.2) is 0 Å². The van der Waals surface area contributed by atoms with Crippen molar-refractivity contribution in [3.8, 4) is 0 Å². The third kappa shape index (κ3) is 3.22. The van der Waals surface area contributed by atoms with E-state index < -0.39 is 5.97 Å². The van der Waals surface area contributed by atoms with E-state index in [0.29, 0.717) is 19.0 Å². The Morgan fingerprint density at radius 3 is 2.95 bits per heavy atom. The van der Waals surface area contributed by atoms with Gasteiger partial charge in [0, 0.05) is 25.1 Å². The van der Waals surface area contributed by atoms with E-state index in [1.807, 2.05) is 6.92 Å². The number of aliphatic hydroxyl groups is 1. The van der Waals surface area contributed by atoms with Crippen LogP contribution in [0.1, 0.15) is 42.1 Å². The van der Waals surface area contributed by atoms with Gasteiger partial charge in [-0.3, -0.25) is 4.90 Å². The third-order valence-electron chi connectivity index (χ3n) is 4.00. The number of methoxy groups -OCH3 is 1. The molecule has 0 bridgehead atoms. The number of piperidine rings is 1. The average Bonchev–Trinajstić information content (AvgIpc) is 2.85. The second kappa shape index (κ2) is 6.41. The molecule has 1 aliphatic heterocycles. The van der Waals surface area contributed by atoms with Crippen molar-refractivity contribution in [1.29, 1.82) is 0 Å². The number of hydrogen-bond acceptors (Lipinski definition) is 5. The lowest BCUT2D eigenvalue weighted by Gasteiger charge is -2.34. The standard InChI is InChI=1S/C15H23NO4/c1-4-13-11(7-14(20-13)15(18)19-3)8-16-6-5-10(2)12(17)9-16/h7,10,12,17H,4-6,8-9H2,1-3H3. The van der Waals surface area contributed by atoms with Gasteiger partial charge in [-0.15, -0.1) is 0 Å². The molecule has 112 valence electrons. The third-order valence-corrected chi connectivity index (χ3v) is 4.00. The molecule has 0 saturated carbocycles. The molecule has 0 aromatic carbocycles. The van der Waals surface area contributed by atoms with Gasteiger partial charge in [-0.1, -0.05) is 13.8 Å². The second-order valence-corrected chi connectivity index (χ2v) is 5.47. The number of aryl methyl sites for hydroxylation is 1. The lowest BCUT2D eigenvalue weighted by atomic mass is 9.96. The zero-order chi connectivity index (χ0) is 14.7. The Bertz CT molecular complexity index is 468. The van der Waals surface area contributed by atoms with E-state index in [9.17, 15) is 9.90 Å². The minimum atomic E-state index is -0.446. The monoisotopic (exact) mass is 281 g/mol. The van der Waals surface area contributed by atoms with Crippen molar-refractivity contribution in [2.45, 2.75) is 39.3 Å². The molecule has 0 amide bonds.